The van der Waals surface area contributed by atoms with Crippen LogP contribution in [-0.2, 0) is 6.18 Å². The molecule has 0 saturated carbocycles. The summed E-state index contributed by atoms with van der Waals surface area (Å²) in [5.41, 5.74) is 4.95. The van der Waals surface area contributed by atoms with Crippen molar-refractivity contribution in [3.63, 3.8) is 0 Å². The Bertz CT molecular complexity index is 621. The van der Waals surface area contributed by atoms with E-state index in [1.54, 1.807) is 4.90 Å². The summed E-state index contributed by atoms with van der Waals surface area (Å²) < 4.78 is 44.4. The van der Waals surface area contributed by atoms with Crippen LogP contribution >= 0.6 is 0 Å². The molecular weight excluding hydrogens is 333 g/mol. The third-order valence-electron chi connectivity index (χ3n) is 4.46. The van der Waals surface area contributed by atoms with E-state index >= 15 is 0 Å². The highest BCUT2D eigenvalue weighted by Crippen LogP contribution is 2.33. The van der Waals surface area contributed by atoms with E-state index in [9.17, 15) is 18.0 Å². The fourth-order valence-electron chi connectivity index (χ4n) is 2.95. The number of ether oxygens (including phenoxy) is 1. The molecule has 7 heteroatoms. The monoisotopic (exact) mass is 356 g/mol. The summed E-state index contributed by atoms with van der Waals surface area (Å²) in [5.74, 6) is 0.00236. The van der Waals surface area contributed by atoms with Crippen LogP contribution in [0.25, 0.3) is 0 Å². The van der Waals surface area contributed by atoms with Crippen LogP contribution in [0.2, 0.25) is 0 Å². The van der Waals surface area contributed by atoms with Crippen molar-refractivity contribution in [2.45, 2.75) is 32.0 Å². The van der Waals surface area contributed by atoms with Gasteiger partial charge in [-0.3, -0.25) is 4.79 Å². The van der Waals surface area contributed by atoms with Gasteiger partial charge in [0.25, 0.3) is 5.91 Å². The highest BCUT2D eigenvalue weighted by molar-refractivity contribution is 5.97. The van der Waals surface area contributed by atoms with Crippen LogP contribution in [0.4, 0.5) is 13.2 Å². The highest BCUT2D eigenvalue weighted by atomic mass is 19.4. The molecule has 1 aromatic carbocycles. The zero-order valence-corrected chi connectivity index (χ0v) is 14.2. The van der Waals surface area contributed by atoms with Crippen molar-refractivity contribution in [2.75, 3.05) is 19.7 Å². The van der Waals surface area contributed by atoms with Gasteiger partial charge < -0.3 is 15.4 Å². The number of alkyl halides is 3. The topological polar surface area (TPSA) is 55.6 Å². The van der Waals surface area contributed by atoms with E-state index in [1.165, 1.54) is 12.1 Å². The molecule has 0 radical (unpaired) electrons. The van der Waals surface area contributed by atoms with Crippen molar-refractivity contribution >= 4 is 5.91 Å². The molecule has 0 bridgehead atoms. The van der Waals surface area contributed by atoms with Gasteiger partial charge in [0, 0.05) is 19.1 Å². The van der Waals surface area contributed by atoms with Crippen molar-refractivity contribution in [3.05, 3.63) is 42.0 Å². The predicted octanol–water partition coefficient (Wildman–Crippen LogP) is 3.47. The lowest BCUT2D eigenvalue weighted by molar-refractivity contribution is -0.137. The van der Waals surface area contributed by atoms with Gasteiger partial charge in [-0.25, -0.2) is 0 Å². The van der Waals surface area contributed by atoms with E-state index < -0.39 is 17.6 Å². The Kier molecular flexibility index (Phi) is 6.11. The van der Waals surface area contributed by atoms with Gasteiger partial charge in [-0.05, 0) is 43.9 Å². The van der Waals surface area contributed by atoms with Gasteiger partial charge in [0.2, 0.25) is 0 Å². The molecule has 0 aliphatic carbocycles. The quantitative estimate of drug-likeness (QED) is 0.822. The Morgan fingerprint density at radius 1 is 1.44 bits per heavy atom. The number of likely N-dealkylation sites (tertiary alicyclic amines) is 1. The first-order valence-electron chi connectivity index (χ1n) is 8.23. The zero-order valence-electron chi connectivity index (χ0n) is 14.2. The van der Waals surface area contributed by atoms with E-state index in [2.05, 4.69) is 6.58 Å². The van der Waals surface area contributed by atoms with Crippen molar-refractivity contribution in [2.24, 2.45) is 11.7 Å². The lowest BCUT2D eigenvalue weighted by Gasteiger charge is -2.34. The maximum atomic E-state index is 13.0. The molecule has 1 amide bonds. The standard InChI is InChI=1S/C18H23F3N2O2/c1-3-10-25-16-5-4-14(18(19,20)21)11-15(16)17(24)23-8-6-13(7-9-23)12(2)22/h3-5,11-13H,1,6-10,22H2,2H3. The summed E-state index contributed by atoms with van der Waals surface area (Å²) in [4.78, 5) is 14.3. The van der Waals surface area contributed by atoms with Crippen molar-refractivity contribution < 1.29 is 22.7 Å². The number of hydrogen-bond donors (Lipinski definition) is 1. The molecule has 1 aromatic rings. The van der Waals surface area contributed by atoms with Gasteiger partial charge >= 0.3 is 6.18 Å². The van der Waals surface area contributed by atoms with E-state index in [-0.39, 0.29) is 24.0 Å². The maximum absolute atomic E-state index is 13.0. The van der Waals surface area contributed by atoms with Crippen LogP contribution in [0.1, 0.15) is 35.7 Å². The van der Waals surface area contributed by atoms with Crippen LogP contribution in [0.5, 0.6) is 5.75 Å². The Hall–Kier alpha value is -2.02. The van der Waals surface area contributed by atoms with Crippen molar-refractivity contribution in [1.82, 2.24) is 4.90 Å². The lowest BCUT2D eigenvalue weighted by Crippen LogP contribution is -2.42. The molecular formula is C18H23F3N2O2. The second kappa shape index (κ2) is 7.91. The van der Waals surface area contributed by atoms with Gasteiger partial charge in [0.15, 0.2) is 0 Å². The number of benzene rings is 1. The second-order valence-corrected chi connectivity index (χ2v) is 6.30. The second-order valence-electron chi connectivity index (χ2n) is 6.30. The fourth-order valence-corrected chi connectivity index (χ4v) is 2.95. The third-order valence-corrected chi connectivity index (χ3v) is 4.46. The molecule has 1 saturated heterocycles. The molecule has 25 heavy (non-hydrogen) atoms. The largest absolute Gasteiger partial charge is 0.489 e. The van der Waals surface area contributed by atoms with E-state index in [0.29, 0.717) is 19.0 Å². The van der Waals surface area contributed by atoms with Gasteiger partial charge in [0.05, 0.1) is 11.1 Å². The molecule has 2 rings (SSSR count). The van der Waals surface area contributed by atoms with Crippen LogP contribution < -0.4 is 10.5 Å². The summed E-state index contributed by atoms with van der Waals surface area (Å²) in [6.45, 7) is 6.49. The Balaban J connectivity index is 2.25. The minimum absolute atomic E-state index is 0.0392. The Labute approximate surface area is 145 Å². The summed E-state index contributed by atoms with van der Waals surface area (Å²) in [5, 5.41) is 0. The average molecular weight is 356 g/mol. The number of nitrogens with two attached hydrogens (primary N) is 1. The first kappa shape index (κ1) is 19.3. The molecule has 4 nitrogen and oxygen atoms in total. The minimum atomic E-state index is -4.52. The SMILES string of the molecule is C=CCOc1ccc(C(F)(F)F)cc1C(=O)N1CCC(C(C)N)CC1. The fraction of sp³-hybridized carbons (Fsp3) is 0.500. The van der Waals surface area contributed by atoms with Crippen LogP contribution in [0.3, 0.4) is 0 Å². The molecule has 0 aromatic heterocycles. The normalized spacial score (nSPS) is 17.2. The number of hydrogen-bond acceptors (Lipinski definition) is 3. The van der Waals surface area contributed by atoms with Crippen LogP contribution in [0.15, 0.2) is 30.9 Å². The van der Waals surface area contributed by atoms with Crippen molar-refractivity contribution in [3.8, 4) is 5.75 Å². The zero-order chi connectivity index (χ0) is 18.6. The van der Waals surface area contributed by atoms with E-state index in [1.807, 2.05) is 6.92 Å². The molecule has 1 fully saturated rings. The lowest BCUT2D eigenvalue weighted by atomic mass is 9.90. The summed E-state index contributed by atoms with van der Waals surface area (Å²) in [6.07, 6.45) is -1.57. The molecule has 138 valence electrons. The number of amides is 1. The maximum Gasteiger partial charge on any atom is 0.416 e. The van der Waals surface area contributed by atoms with Crippen LogP contribution in [-0.4, -0.2) is 36.5 Å². The molecule has 1 aliphatic rings. The summed E-state index contributed by atoms with van der Waals surface area (Å²) in [6, 6.07) is 3.00. The predicted molar refractivity (Wildman–Crippen MR) is 89.4 cm³/mol. The number of carbonyl (C=O) groups excluding carboxylic acids is 1. The average Bonchev–Trinajstić information content (AvgIpc) is 2.58. The molecule has 0 spiro atoms. The van der Waals surface area contributed by atoms with E-state index in [0.717, 1.165) is 25.0 Å². The first-order valence-corrected chi connectivity index (χ1v) is 8.23. The Morgan fingerprint density at radius 2 is 2.08 bits per heavy atom. The first-order chi connectivity index (χ1) is 11.7. The third kappa shape index (κ3) is 4.75. The van der Waals surface area contributed by atoms with Gasteiger partial charge in [-0.15, -0.1) is 0 Å². The number of piperidine rings is 1. The smallest absolute Gasteiger partial charge is 0.416 e. The minimum Gasteiger partial charge on any atom is -0.489 e. The molecule has 1 atom stereocenters. The Morgan fingerprint density at radius 3 is 2.60 bits per heavy atom. The number of rotatable bonds is 5. The molecule has 2 N–H and O–H groups in total. The van der Waals surface area contributed by atoms with Crippen LogP contribution in [0, 0.1) is 5.92 Å². The molecule has 1 aliphatic heterocycles. The van der Waals surface area contributed by atoms with Gasteiger partial charge in [-0.2, -0.15) is 13.2 Å². The van der Waals surface area contributed by atoms with Gasteiger partial charge in [-0.1, -0.05) is 12.7 Å². The number of nitrogens with zero attached hydrogens (tertiary/aromatic N) is 1. The van der Waals surface area contributed by atoms with Gasteiger partial charge in [0.1, 0.15) is 12.4 Å². The molecule has 1 unspecified atom stereocenters. The van der Waals surface area contributed by atoms with E-state index in [4.69, 9.17) is 10.5 Å². The molecule has 1 heterocycles. The number of halogens is 3. The summed E-state index contributed by atoms with van der Waals surface area (Å²) >= 11 is 0. The van der Waals surface area contributed by atoms with Crippen molar-refractivity contribution in [1.29, 1.82) is 0 Å². The number of carbonyl (C=O) groups is 1. The highest BCUT2D eigenvalue weighted by Gasteiger charge is 2.33. The summed E-state index contributed by atoms with van der Waals surface area (Å²) in [7, 11) is 0.